The minimum absolute atomic E-state index is 0.0821. The van der Waals surface area contributed by atoms with Gasteiger partial charge in [0.25, 0.3) is 0 Å². The molecule has 3 aromatic carbocycles. The van der Waals surface area contributed by atoms with E-state index in [1.54, 1.807) is 43.7 Å². The number of phenolic OH excluding ortho intramolecular Hbond substituents is 1. The van der Waals surface area contributed by atoms with Gasteiger partial charge in [0, 0.05) is 6.21 Å². The topological polar surface area (TPSA) is 67.9 Å². The number of oxazole rings is 1. The van der Waals surface area contributed by atoms with Crippen LogP contribution in [-0.2, 0) is 6.42 Å². The van der Waals surface area contributed by atoms with Crippen LogP contribution in [0.15, 0.2) is 64.0 Å². The maximum atomic E-state index is 10.3. The van der Waals surface area contributed by atoms with Crippen molar-refractivity contribution < 1.29 is 14.3 Å². The highest BCUT2D eigenvalue weighted by Crippen LogP contribution is 2.34. The van der Waals surface area contributed by atoms with Gasteiger partial charge in [-0.2, -0.15) is 0 Å². The number of aromatic hydroxyl groups is 1. The fourth-order valence-corrected chi connectivity index (χ4v) is 3.26. The minimum atomic E-state index is 0.0821. The molecular weight excluding hydrogens is 388 g/mol. The van der Waals surface area contributed by atoms with E-state index in [1.807, 2.05) is 24.3 Å². The number of aromatic nitrogens is 1. The Labute approximate surface area is 173 Å². The number of rotatable bonds is 5. The van der Waals surface area contributed by atoms with Crippen molar-refractivity contribution in [2.45, 2.75) is 13.3 Å². The summed E-state index contributed by atoms with van der Waals surface area (Å²) in [5, 5.41) is 10.8. The molecule has 0 aliphatic heterocycles. The van der Waals surface area contributed by atoms with Crippen LogP contribution in [0.2, 0.25) is 5.02 Å². The molecule has 0 amide bonds. The highest BCUT2D eigenvalue weighted by molar-refractivity contribution is 6.32. The molecule has 0 unspecified atom stereocenters. The summed E-state index contributed by atoms with van der Waals surface area (Å²) in [5.41, 5.74) is 4.60. The van der Waals surface area contributed by atoms with Gasteiger partial charge in [0.15, 0.2) is 5.58 Å². The van der Waals surface area contributed by atoms with Gasteiger partial charge in [-0.15, -0.1) is 0 Å². The van der Waals surface area contributed by atoms with Crippen LogP contribution < -0.4 is 4.74 Å². The number of phenols is 1. The molecule has 1 aromatic heterocycles. The smallest absolute Gasteiger partial charge is 0.231 e. The molecule has 0 bridgehead atoms. The zero-order valence-electron chi connectivity index (χ0n) is 16.0. The van der Waals surface area contributed by atoms with Gasteiger partial charge in [0.05, 0.1) is 23.4 Å². The van der Waals surface area contributed by atoms with Crippen LogP contribution in [0, 0.1) is 0 Å². The lowest BCUT2D eigenvalue weighted by atomic mass is 10.1. The number of fused-ring (bicyclic) bond motifs is 1. The maximum Gasteiger partial charge on any atom is 0.231 e. The average molecular weight is 407 g/mol. The van der Waals surface area contributed by atoms with Gasteiger partial charge in [0.2, 0.25) is 5.89 Å². The summed E-state index contributed by atoms with van der Waals surface area (Å²) < 4.78 is 11.0. The second-order valence-corrected chi connectivity index (χ2v) is 6.94. The number of aryl methyl sites for hydroxylation is 1. The van der Waals surface area contributed by atoms with Gasteiger partial charge in [-0.25, -0.2) is 4.98 Å². The van der Waals surface area contributed by atoms with Crippen LogP contribution in [0.4, 0.5) is 5.69 Å². The van der Waals surface area contributed by atoms with Crippen molar-refractivity contribution in [3.05, 3.63) is 70.7 Å². The Balaban J connectivity index is 1.66. The first-order chi connectivity index (χ1) is 14.1. The van der Waals surface area contributed by atoms with Gasteiger partial charge < -0.3 is 14.3 Å². The number of methoxy groups -OCH3 is 1. The molecule has 29 heavy (non-hydrogen) atoms. The Kier molecular flexibility index (Phi) is 5.23. The molecule has 4 rings (SSSR count). The van der Waals surface area contributed by atoms with Crippen LogP contribution in [0.5, 0.6) is 11.5 Å². The van der Waals surface area contributed by atoms with E-state index >= 15 is 0 Å². The molecule has 0 saturated carbocycles. The van der Waals surface area contributed by atoms with Crippen molar-refractivity contribution in [3.63, 3.8) is 0 Å². The van der Waals surface area contributed by atoms with E-state index in [9.17, 15) is 5.11 Å². The summed E-state index contributed by atoms with van der Waals surface area (Å²) in [6.07, 6.45) is 2.62. The molecule has 0 spiro atoms. The number of ether oxygens (including phenoxy) is 1. The lowest BCUT2D eigenvalue weighted by Gasteiger charge is -2.03. The zero-order chi connectivity index (χ0) is 20.4. The molecule has 0 saturated heterocycles. The molecule has 146 valence electrons. The van der Waals surface area contributed by atoms with Crippen molar-refractivity contribution in [3.8, 4) is 23.0 Å². The molecule has 1 N–H and O–H groups in total. The van der Waals surface area contributed by atoms with Crippen molar-refractivity contribution in [2.75, 3.05) is 7.11 Å². The summed E-state index contributed by atoms with van der Waals surface area (Å²) in [4.78, 5) is 9.01. The Hall–Kier alpha value is -3.31. The van der Waals surface area contributed by atoms with Crippen LogP contribution in [0.3, 0.4) is 0 Å². The van der Waals surface area contributed by atoms with E-state index in [0.29, 0.717) is 33.5 Å². The standard InChI is InChI=1S/C23H19ClN2O3/c1-3-14-4-9-22-19(11-14)26-23(29-22)17-12-16(6-7-20(17)27)25-13-15-5-8-21(28-2)18(24)10-15/h4-13,27H,3H2,1-2H3. The van der Waals surface area contributed by atoms with E-state index in [-0.39, 0.29) is 5.75 Å². The van der Waals surface area contributed by atoms with Crippen molar-refractivity contribution >= 4 is 34.6 Å². The summed E-state index contributed by atoms with van der Waals surface area (Å²) >= 11 is 6.16. The molecule has 1 heterocycles. The number of hydrogen-bond donors (Lipinski definition) is 1. The minimum Gasteiger partial charge on any atom is -0.507 e. The zero-order valence-corrected chi connectivity index (χ0v) is 16.8. The fraction of sp³-hybridized carbons (Fsp3) is 0.130. The van der Waals surface area contributed by atoms with Crippen LogP contribution >= 0.6 is 11.6 Å². The van der Waals surface area contributed by atoms with Gasteiger partial charge in [-0.1, -0.05) is 24.6 Å². The molecule has 0 atom stereocenters. The van der Waals surface area contributed by atoms with Gasteiger partial charge in [-0.3, -0.25) is 4.99 Å². The first-order valence-corrected chi connectivity index (χ1v) is 9.55. The van der Waals surface area contributed by atoms with Gasteiger partial charge in [-0.05, 0) is 66.1 Å². The van der Waals surface area contributed by atoms with Crippen LogP contribution in [0.25, 0.3) is 22.6 Å². The molecule has 0 radical (unpaired) electrons. The van der Waals surface area contributed by atoms with Gasteiger partial charge in [0.1, 0.15) is 17.0 Å². The quantitative estimate of drug-likeness (QED) is 0.402. The summed E-state index contributed by atoms with van der Waals surface area (Å²) in [6, 6.07) is 16.4. The Morgan fingerprint density at radius 3 is 2.76 bits per heavy atom. The molecule has 0 aliphatic carbocycles. The van der Waals surface area contributed by atoms with Crippen molar-refractivity contribution in [1.82, 2.24) is 4.98 Å². The molecule has 6 heteroatoms. The number of halogens is 1. The lowest BCUT2D eigenvalue weighted by Crippen LogP contribution is -1.86. The Morgan fingerprint density at radius 1 is 1.14 bits per heavy atom. The second kappa shape index (κ2) is 7.97. The molecule has 0 aliphatic rings. The third-order valence-corrected chi connectivity index (χ3v) is 4.90. The van der Waals surface area contributed by atoms with E-state index in [0.717, 1.165) is 17.5 Å². The summed E-state index contributed by atoms with van der Waals surface area (Å²) in [7, 11) is 1.57. The van der Waals surface area contributed by atoms with Crippen molar-refractivity contribution in [2.24, 2.45) is 4.99 Å². The molecule has 4 aromatic rings. The highest BCUT2D eigenvalue weighted by atomic mass is 35.5. The predicted octanol–water partition coefficient (Wildman–Crippen LogP) is 6.18. The molecule has 5 nitrogen and oxygen atoms in total. The van der Waals surface area contributed by atoms with E-state index < -0.39 is 0 Å². The number of hydrogen-bond acceptors (Lipinski definition) is 5. The van der Waals surface area contributed by atoms with Gasteiger partial charge >= 0.3 is 0 Å². The van der Waals surface area contributed by atoms with Crippen LogP contribution in [-0.4, -0.2) is 23.4 Å². The third-order valence-electron chi connectivity index (χ3n) is 4.61. The maximum absolute atomic E-state index is 10.3. The average Bonchev–Trinajstić information content (AvgIpc) is 3.16. The lowest BCUT2D eigenvalue weighted by molar-refractivity contribution is 0.415. The molecule has 0 fully saturated rings. The number of benzene rings is 3. The van der Waals surface area contributed by atoms with E-state index in [2.05, 4.69) is 16.9 Å². The molecular formula is C23H19ClN2O3. The van der Waals surface area contributed by atoms with E-state index in [1.165, 1.54) is 5.56 Å². The monoisotopic (exact) mass is 406 g/mol. The second-order valence-electron chi connectivity index (χ2n) is 6.53. The summed E-state index contributed by atoms with van der Waals surface area (Å²) in [5.74, 6) is 1.05. The Morgan fingerprint density at radius 2 is 2.00 bits per heavy atom. The fourth-order valence-electron chi connectivity index (χ4n) is 3.00. The highest BCUT2D eigenvalue weighted by Gasteiger charge is 2.13. The number of aliphatic imine (C=N–C) groups is 1. The van der Waals surface area contributed by atoms with E-state index in [4.69, 9.17) is 20.8 Å². The SMILES string of the molecule is CCc1ccc2oc(-c3cc(N=Cc4ccc(OC)c(Cl)c4)ccc3O)nc2c1. The first kappa shape index (κ1) is 19.0. The first-order valence-electron chi connectivity index (χ1n) is 9.18. The largest absolute Gasteiger partial charge is 0.507 e. The Bertz CT molecular complexity index is 1210. The third kappa shape index (κ3) is 3.96. The summed E-state index contributed by atoms with van der Waals surface area (Å²) in [6.45, 7) is 2.09. The predicted molar refractivity (Wildman–Crippen MR) is 116 cm³/mol. The van der Waals surface area contributed by atoms with Crippen LogP contribution in [0.1, 0.15) is 18.1 Å². The van der Waals surface area contributed by atoms with Crippen molar-refractivity contribution in [1.29, 1.82) is 0 Å². The number of nitrogens with zero attached hydrogens (tertiary/aromatic N) is 2. The normalized spacial score (nSPS) is 11.4.